The Bertz CT molecular complexity index is 1620. The van der Waals surface area contributed by atoms with E-state index in [2.05, 4.69) is 41.7 Å². The number of anilines is 3. The highest BCUT2D eigenvalue weighted by atomic mass is 16.2. The summed E-state index contributed by atoms with van der Waals surface area (Å²) in [5.41, 5.74) is 11.2. The summed E-state index contributed by atoms with van der Waals surface area (Å²) in [5.74, 6) is -0.439. The number of amides is 2. The normalized spacial score (nSPS) is 11.2. The van der Waals surface area contributed by atoms with Gasteiger partial charge >= 0.3 is 0 Å². The van der Waals surface area contributed by atoms with Gasteiger partial charge in [0.1, 0.15) is 0 Å². The minimum atomic E-state index is -0.417. The third-order valence-electron chi connectivity index (χ3n) is 6.79. The first-order chi connectivity index (χ1) is 19.4. The number of hydrogen-bond acceptors (Lipinski definition) is 6. The number of carbonyl (C=O) groups is 2. The fourth-order valence-electron chi connectivity index (χ4n) is 4.35. The third-order valence-corrected chi connectivity index (χ3v) is 6.79. The summed E-state index contributed by atoms with van der Waals surface area (Å²) >= 11 is 0. The van der Waals surface area contributed by atoms with Gasteiger partial charge in [-0.1, -0.05) is 57.2 Å². The van der Waals surface area contributed by atoms with Crippen LogP contribution in [0.4, 0.5) is 17.2 Å². The van der Waals surface area contributed by atoms with Crippen LogP contribution in [-0.4, -0.2) is 27.9 Å². The van der Waals surface area contributed by atoms with Crippen LogP contribution in [0.25, 0.3) is 11.3 Å². The fraction of sp³-hybridized carbons (Fsp3) is 0.250. The smallest absolute Gasteiger partial charge is 0.293 e. The van der Waals surface area contributed by atoms with Gasteiger partial charge in [-0.2, -0.15) is 0 Å². The molecule has 4 rings (SSSR count). The molecule has 2 amide bonds. The van der Waals surface area contributed by atoms with Gasteiger partial charge in [0, 0.05) is 42.3 Å². The molecule has 0 aliphatic heterocycles. The molecule has 0 radical (unpaired) electrons. The van der Waals surface area contributed by atoms with E-state index in [1.165, 1.54) is 4.57 Å². The van der Waals surface area contributed by atoms with E-state index in [0.29, 0.717) is 29.2 Å². The number of hydrogen-bond donors (Lipinski definition) is 4. The Morgan fingerprint density at radius 3 is 2.29 bits per heavy atom. The summed E-state index contributed by atoms with van der Waals surface area (Å²) in [7, 11) is 1.68. The molecule has 5 N–H and O–H groups in total. The molecule has 212 valence electrons. The molecule has 41 heavy (non-hydrogen) atoms. The van der Waals surface area contributed by atoms with Gasteiger partial charge in [0.15, 0.2) is 5.82 Å². The van der Waals surface area contributed by atoms with E-state index < -0.39 is 5.91 Å². The third kappa shape index (κ3) is 7.26. The summed E-state index contributed by atoms with van der Waals surface area (Å²) in [6.07, 6.45) is 1.68. The Morgan fingerprint density at radius 2 is 1.66 bits per heavy atom. The number of nitrogens with one attached hydrogen (secondary N) is 3. The Balaban J connectivity index is 1.54. The lowest BCUT2D eigenvalue weighted by molar-refractivity contribution is -0.117. The van der Waals surface area contributed by atoms with E-state index in [9.17, 15) is 14.4 Å². The Hall–Kier alpha value is -4.76. The number of nitrogens with zero attached hydrogens (tertiary/aromatic N) is 2. The van der Waals surface area contributed by atoms with Crippen molar-refractivity contribution >= 4 is 29.0 Å². The molecule has 9 nitrogen and oxygen atoms in total. The molecule has 1 aromatic heterocycles. The van der Waals surface area contributed by atoms with Crippen LogP contribution in [0.5, 0.6) is 0 Å². The van der Waals surface area contributed by atoms with Gasteiger partial charge in [-0.05, 0) is 59.4 Å². The standard InChI is InChI=1S/C32H36N6O3/c1-20-25(7-6-8-26(20)37-30(40)22-11-13-23(14-12-22)32(2,3)4)27-19-38(5)31(41)29(36-27)35-24-15-9-21(10-16-24)17-34-18-28(33)39/h6-16,19,34H,17-18H2,1-5H3,(H2,33,39)(H,35,36)(H,37,40). The molecule has 0 aliphatic carbocycles. The van der Waals surface area contributed by atoms with Crippen molar-refractivity contribution in [2.75, 3.05) is 17.2 Å². The van der Waals surface area contributed by atoms with Crippen molar-refractivity contribution < 1.29 is 9.59 Å². The summed E-state index contributed by atoms with van der Waals surface area (Å²) in [5, 5.41) is 9.10. The maximum Gasteiger partial charge on any atom is 0.293 e. The highest BCUT2D eigenvalue weighted by Crippen LogP contribution is 2.29. The van der Waals surface area contributed by atoms with Gasteiger partial charge < -0.3 is 26.3 Å². The van der Waals surface area contributed by atoms with Crippen molar-refractivity contribution in [1.82, 2.24) is 14.9 Å². The minimum Gasteiger partial charge on any atom is -0.369 e. The van der Waals surface area contributed by atoms with E-state index in [-0.39, 0.29) is 29.2 Å². The van der Waals surface area contributed by atoms with Crippen LogP contribution in [0.15, 0.2) is 77.7 Å². The van der Waals surface area contributed by atoms with Crippen molar-refractivity contribution in [3.8, 4) is 11.3 Å². The lowest BCUT2D eigenvalue weighted by Gasteiger charge is -2.19. The molecule has 0 unspecified atom stereocenters. The fourth-order valence-corrected chi connectivity index (χ4v) is 4.35. The highest BCUT2D eigenvalue weighted by Gasteiger charge is 2.16. The zero-order valence-corrected chi connectivity index (χ0v) is 24.0. The number of nitrogens with two attached hydrogens (primary N) is 1. The molecular weight excluding hydrogens is 516 g/mol. The summed E-state index contributed by atoms with van der Waals surface area (Å²) in [6.45, 7) is 8.91. The van der Waals surface area contributed by atoms with Crippen LogP contribution in [0.3, 0.4) is 0 Å². The summed E-state index contributed by atoms with van der Waals surface area (Å²) in [6, 6.07) is 20.7. The second-order valence-corrected chi connectivity index (χ2v) is 11.0. The monoisotopic (exact) mass is 552 g/mol. The maximum atomic E-state index is 13.0. The van der Waals surface area contributed by atoms with Gasteiger partial charge in [-0.15, -0.1) is 0 Å². The van der Waals surface area contributed by atoms with Gasteiger partial charge in [0.05, 0.1) is 12.2 Å². The quantitative estimate of drug-likeness (QED) is 0.240. The average molecular weight is 553 g/mol. The van der Waals surface area contributed by atoms with Crippen molar-refractivity contribution in [3.63, 3.8) is 0 Å². The van der Waals surface area contributed by atoms with Gasteiger partial charge in [0.25, 0.3) is 11.5 Å². The second-order valence-electron chi connectivity index (χ2n) is 11.0. The van der Waals surface area contributed by atoms with Crippen molar-refractivity contribution in [1.29, 1.82) is 0 Å². The zero-order chi connectivity index (χ0) is 29.7. The molecule has 4 aromatic rings. The second kappa shape index (κ2) is 12.2. The first-order valence-corrected chi connectivity index (χ1v) is 13.4. The number of carbonyl (C=O) groups excluding carboxylic acids is 2. The summed E-state index contributed by atoms with van der Waals surface area (Å²) in [4.78, 5) is 41.5. The largest absolute Gasteiger partial charge is 0.369 e. The number of aromatic nitrogens is 2. The van der Waals surface area contributed by atoms with Gasteiger partial charge in [-0.3, -0.25) is 14.4 Å². The summed E-state index contributed by atoms with van der Waals surface area (Å²) < 4.78 is 1.48. The van der Waals surface area contributed by atoms with Crippen LogP contribution >= 0.6 is 0 Å². The number of rotatable bonds is 9. The van der Waals surface area contributed by atoms with E-state index in [1.54, 1.807) is 13.2 Å². The molecule has 0 atom stereocenters. The van der Waals surface area contributed by atoms with Crippen LogP contribution in [-0.2, 0) is 23.8 Å². The molecule has 9 heteroatoms. The molecule has 0 saturated heterocycles. The molecule has 0 aliphatic rings. The van der Waals surface area contributed by atoms with Crippen LogP contribution < -0.4 is 27.2 Å². The first-order valence-electron chi connectivity index (χ1n) is 13.4. The van der Waals surface area contributed by atoms with Crippen molar-refractivity contribution in [2.45, 2.75) is 39.7 Å². The van der Waals surface area contributed by atoms with Gasteiger partial charge in [-0.25, -0.2) is 4.98 Å². The lowest BCUT2D eigenvalue weighted by atomic mass is 9.86. The van der Waals surface area contributed by atoms with E-state index in [4.69, 9.17) is 5.73 Å². The van der Waals surface area contributed by atoms with Crippen molar-refractivity contribution in [2.24, 2.45) is 12.8 Å². The van der Waals surface area contributed by atoms with Crippen LogP contribution in [0.1, 0.15) is 47.8 Å². The first kappa shape index (κ1) is 29.2. The average Bonchev–Trinajstić information content (AvgIpc) is 2.92. The van der Waals surface area contributed by atoms with Gasteiger partial charge in [0.2, 0.25) is 5.91 Å². The molecule has 1 heterocycles. The van der Waals surface area contributed by atoms with Crippen LogP contribution in [0, 0.1) is 6.92 Å². The number of primary amides is 1. The molecule has 0 spiro atoms. The van der Waals surface area contributed by atoms with E-state index in [0.717, 1.165) is 22.3 Å². The number of benzene rings is 3. The Labute approximate surface area is 239 Å². The zero-order valence-electron chi connectivity index (χ0n) is 24.0. The van der Waals surface area contributed by atoms with E-state index >= 15 is 0 Å². The van der Waals surface area contributed by atoms with Crippen molar-refractivity contribution in [3.05, 3.63) is 106 Å². The Morgan fingerprint density at radius 1 is 0.976 bits per heavy atom. The molecular formula is C32H36N6O3. The molecule has 0 bridgehead atoms. The lowest BCUT2D eigenvalue weighted by Crippen LogP contribution is -2.28. The maximum absolute atomic E-state index is 13.0. The Kier molecular flexibility index (Phi) is 8.68. The number of aryl methyl sites for hydroxylation is 1. The SMILES string of the molecule is Cc1c(NC(=O)c2ccc(C(C)(C)C)cc2)cccc1-c1cn(C)c(=O)c(Nc2ccc(CNCC(N)=O)cc2)n1. The minimum absolute atomic E-state index is 0.00445. The topological polar surface area (TPSA) is 131 Å². The van der Waals surface area contributed by atoms with Crippen LogP contribution in [0.2, 0.25) is 0 Å². The molecule has 0 fully saturated rings. The molecule has 0 saturated carbocycles. The predicted molar refractivity (Wildman–Crippen MR) is 163 cm³/mol. The predicted octanol–water partition coefficient (Wildman–Crippen LogP) is 4.62. The van der Waals surface area contributed by atoms with E-state index in [1.807, 2.05) is 73.7 Å². The molecule has 3 aromatic carbocycles. The highest BCUT2D eigenvalue weighted by molar-refractivity contribution is 6.05.